The van der Waals surface area contributed by atoms with Crippen molar-refractivity contribution >= 4 is 11.8 Å². The van der Waals surface area contributed by atoms with E-state index in [-0.39, 0.29) is 11.8 Å². The Hall–Kier alpha value is -1.78. The minimum absolute atomic E-state index is 0.0289. The maximum atomic E-state index is 12.3. The molecule has 5 nitrogen and oxygen atoms in total. The van der Waals surface area contributed by atoms with Crippen LogP contribution >= 0.6 is 0 Å². The van der Waals surface area contributed by atoms with Crippen molar-refractivity contribution in [3.05, 3.63) is 24.2 Å². The van der Waals surface area contributed by atoms with E-state index in [4.69, 9.17) is 4.42 Å². The Labute approximate surface area is 119 Å². The van der Waals surface area contributed by atoms with Crippen LogP contribution in [0.4, 0.5) is 0 Å². The van der Waals surface area contributed by atoms with Gasteiger partial charge in [0.25, 0.3) is 5.91 Å². The Morgan fingerprint density at radius 2 is 2.20 bits per heavy atom. The largest absolute Gasteiger partial charge is 0.472 e. The van der Waals surface area contributed by atoms with Gasteiger partial charge in [0.1, 0.15) is 6.26 Å². The second-order valence-corrected chi connectivity index (χ2v) is 5.75. The van der Waals surface area contributed by atoms with Crippen LogP contribution in [0.2, 0.25) is 0 Å². The smallest absolute Gasteiger partial charge is 0.257 e. The zero-order valence-corrected chi connectivity index (χ0v) is 12.1. The predicted octanol–water partition coefficient (Wildman–Crippen LogP) is 2.05. The molecule has 1 heterocycles. The van der Waals surface area contributed by atoms with Crippen LogP contribution < -0.4 is 5.32 Å². The summed E-state index contributed by atoms with van der Waals surface area (Å²) in [4.78, 5) is 25.8. The molecule has 0 atom stereocenters. The van der Waals surface area contributed by atoms with Gasteiger partial charge in [0.05, 0.1) is 11.8 Å². The summed E-state index contributed by atoms with van der Waals surface area (Å²) in [5.41, 5.74) is 0.535. The van der Waals surface area contributed by atoms with Gasteiger partial charge in [0.2, 0.25) is 5.91 Å². The fraction of sp³-hybridized carbons (Fsp3) is 0.600. The summed E-state index contributed by atoms with van der Waals surface area (Å²) in [7, 11) is 0. The summed E-state index contributed by atoms with van der Waals surface area (Å²) in [6, 6.07) is 2.02. The first-order chi connectivity index (χ1) is 9.56. The van der Waals surface area contributed by atoms with Gasteiger partial charge in [0, 0.05) is 25.6 Å². The molecule has 1 aliphatic carbocycles. The summed E-state index contributed by atoms with van der Waals surface area (Å²) >= 11 is 0. The van der Waals surface area contributed by atoms with Crippen molar-refractivity contribution in [1.82, 2.24) is 10.2 Å². The Balaban J connectivity index is 1.88. The number of hydrogen-bond acceptors (Lipinski definition) is 3. The molecular weight excluding hydrogens is 256 g/mol. The molecule has 0 spiro atoms. The van der Waals surface area contributed by atoms with Gasteiger partial charge in [-0.05, 0) is 24.8 Å². The van der Waals surface area contributed by atoms with Crippen molar-refractivity contribution in [2.45, 2.75) is 39.2 Å². The Bertz CT molecular complexity index is 450. The molecule has 0 unspecified atom stereocenters. The van der Waals surface area contributed by atoms with E-state index in [0.29, 0.717) is 37.0 Å². The van der Waals surface area contributed by atoms with E-state index in [9.17, 15) is 9.59 Å². The van der Waals surface area contributed by atoms with Gasteiger partial charge in [-0.25, -0.2) is 0 Å². The molecule has 1 aliphatic rings. The maximum Gasteiger partial charge on any atom is 0.257 e. The highest BCUT2D eigenvalue weighted by Crippen LogP contribution is 2.18. The molecule has 110 valence electrons. The van der Waals surface area contributed by atoms with E-state index in [1.807, 2.05) is 0 Å². The number of hydrogen-bond donors (Lipinski definition) is 1. The van der Waals surface area contributed by atoms with E-state index in [1.54, 1.807) is 11.0 Å². The van der Waals surface area contributed by atoms with Crippen LogP contribution in [-0.4, -0.2) is 35.8 Å². The maximum absolute atomic E-state index is 12.3. The molecule has 1 fully saturated rings. The van der Waals surface area contributed by atoms with Crippen LogP contribution in [0.3, 0.4) is 0 Å². The van der Waals surface area contributed by atoms with Crippen LogP contribution in [-0.2, 0) is 4.79 Å². The van der Waals surface area contributed by atoms with Gasteiger partial charge in [-0.3, -0.25) is 9.59 Å². The predicted molar refractivity (Wildman–Crippen MR) is 75.2 cm³/mol. The molecule has 0 aliphatic heterocycles. The van der Waals surface area contributed by atoms with Crippen molar-refractivity contribution < 1.29 is 14.0 Å². The summed E-state index contributed by atoms with van der Waals surface area (Å²) in [6.45, 7) is 5.20. The molecule has 0 radical (unpaired) electrons. The minimum Gasteiger partial charge on any atom is -0.472 e. The van der Waals surface area contributed by atoms with E-state index in [2.05, 4.69) is 19.2 Å². The number of carbonyl (C=O) groups is 2. The molecule has 1 saturated carbocycles. The van der Waals surface area contributed by atoms with Gasteiger partial charge in [-0.1, -0.05) is 13.8 Å². The van der Waals surface area contributed by atoms with E-state index in [0.717, 1.165) is 12.8 Å². The van der Waals surface area contributed by atoms with Crippen molar-refractivity contribution in [2.75, 3.05) is 13.1 Å². The van der Waals surface area contributed by atoms with Crippen LogP contribution in [0.1, 0.15) is 43.5 Å². The number of amides is 2. The second kappa shape index (κ2) is 6.59. The lowest BCUT2D eigenvalue weighted by Gasteiger charge is -2.24. The fourth-order valence-corrected chi connectivity index (χ4v) is 2.05. The second-order valence-electron chi connectivity index (χ2n) is 5.75. The third-order valence-corrected chi connectivity index (χ3v) is 3.19. The molecule has 20 heavy (non-hydrogen) atoms. The van der Waals surface area contributed by atoms with Crippen molar-refractivity contribution in [3.63, 3.8) is 0 Å². The third-order valence-electron chi connectivity index (χ3n) is 3.19. The summed E-state index contributed by atoms with van der Waals surface area (Å²) in [5, 5.41) is 2.94. The Kier molecular flexibility index (Phi) is 4.82. The molecule has 1 N–H and O–H groups in total. The first-order valence-electron chi connectivity index (χ1n) is 7.17. The van der Waals surface area contributed by atoms with Gasteiger partial charge < -0.3 is 14.6 Å². The van der Waals surface area contributed by atoms with Crippen LogP contribution in [0.25, 0.3) is 0 Å². The SMILES string of the molecule is CC(C)CN(CCC(=O)NC1CC1)C(=O)c1ccoc1. The number of rotatable bonds is 7. The lowest BCUT2D eigenvalue weighted by Crippen LogP contribution is -2.37. The quantitative estimate of drug-likeness (QED) is 0.830. The standard InChI is InChI=1S/C15H22N2O3/c1-11(2)9-17(15(19)12-6-8-20-10-12)7-5-14(18)16-13-3-4-13/h6,8,10-11,13H,3-5,7,9H2,1-2H3,(H,16,18). The average Bonchev–Trinajstić information content (AvgIpc) is 3.04. The van der Waals surface area contributed by atoms with Crippen molar-refractivity contribution in [1.29, 1.82) is 0 Å². The Morgan fingerprint density at radius 1 is 1.45 bits per heavy atom. The summed E-state index contributed by atoms with van der Waals surface area (Å²) in [6.07, 6.45) is 5.44. The zero-order valence-electron chi connectivity index (χ0n) is 12.1. The van der Waals surface area contributed by atoms with E-state index in [1.165, 1.54) is 12.5 Å². The highest BCUT2D eigenvalue weighted by atomic mass is 16.3. The first kappa shape index (κ1) is 14.6. The molecule has 5 heteroatoms. The minimum atomic E-state index is -0.0772. The van der Waals surface area contributed by atoms with Gasteiger partial charge in [-0.2, -0.15) is 0 Å². The van der Waals surface area contributed by atoms with E-state index < -0.39 is 0 Å². The number of furan rings is 1. The first-order valence-corrected chi connectivity index (χ1v) is 7.17. The Morgan fingerprint density at radius 3 is 2.75 bits per heavy atom. The van der Waals surface area contributed by atoms with E-state index >= 15 is 0 Å². The highest BCUT2D eigenvalue weighted by molar-refractivity contribution is 5.94. The number of nitrogens with zero attached hydrogens (tertiary/aromatic N) is 1. The molecule has 2 amide bonds. The lowest BCUT2D eigenvalue weighted by molar-refractivity contribution is -0.121. The summed E-state index contributed by atoms with van der Waals surface area (Å²) < 4.78 is 4.95. The monoisotopic (exact) mass is 278 g/mol. The van der Waals surface area contributed by atoms with Crippen LogP contribution in [0, 0.1) is 5.92 Å². The lowest BCUT2D eigenvalue weighted by atomic mass is 10.1. The third kappa shape index (κ3) is 4.40. The molecule has 1 aromatic heterocycles. The number of carbonyl (C=O) groups excluding carboxylic acids is 2. The molecule has 0 aromatic carbocycles. The van der Waals surface area contributed by atoms with Crippen LogP contribution in [0.5, 0.6) is 0 Å². The molecule has 0 bridgehead atoms. The summed E-state index contributed by atoms with van der Waals surface area (Å²) in [5.74, 6) is 0.310. The van der Waals surface area contributed by atoms with Gasteiger partial charge >= 0.3 is 0 Å². The molecule has 1 aromatic rings. The molecule has 2 rings (SSSR count). The van der Waals surface area contributed by atoms with Gasteiger partial charge in [0.15, 0.2) is 0 Å². The normalized spacial score (nSPS) is 14.3. The molecular formula is C15H22N2O3. The highest BCUT2D eigenvalue weighted by Gasteiger charge is 2.24. The van der Waals surface area contributed by atoms with Crippen LogP contribution in [0.15, 0.2) is 23.0 Å². The topological polar surface area (TPSA) is 62.6 Å². The van der Waals surface area contributed by atoms with Gasteiger partial charge in [-0.15, -0.1) is 0 Å². The number of nitrogens with one attached hydrogen (secondary N) is 1. The average molecular weight is 278 g/mol. The van der Waals surface area contributed by atoms with Crippen molar-refractivity contribution in [3.8, 4) is 0 Å². The zero-order chi connectivity index (χ0) is 14.5. The van der Waals surface area contributed by atoms with Crippen molar-refractivity contribution in [2.24, 2.45) is 5.92 Å². The fourth-order valence-electron chi connectivity index (χ4n) is 2.05. The molecule has 0 saturated heterocycles.